The van der Waals surface area contributed by atoms with Crippen molar-refractivity contribution in [2.75, 3.05) is 4.78 Å². The van der Waals surface area contributed by atoms with Crippen molar-refractivity contribution in [3.63, 3.8) is 0 Å². The molecule has 0 aromatic heterocycles. The lowest BCUT2D eigenvalue weighted by Crippen LogP contribution is -2.01. The molecule has 0 saturated heterocycles. The van der Waals surface area contributed by atoms with Gasteiger partial charge in [0.05, 0.1) is 5.69 Å². The Balaban J connectivity index is 2.23. The molecule has 1 atom stereocenters. The van der Waals surface area contributed by atoms with E-state index in [1.54, 1.807) is 11.4 Å². The van der Waals surface area contributed by atoms with E-state index in [9.17, 15) is 0 Å². The molecule has 1 aromatic carbocycles. The normalized spacial score (nSPS) is 21.1. The van der Waals surface area contributed by atoms with E-state index in [1.165, 1.54) is 0 Å². The fraction of sp³-hybridized carbons (Fsp3) is 0.222. The van der Waals surface area contributed by atoms with Gasteiger partial charge in [0, 0.05) is 0 Å². The van der Waals surface area contributed by atoms with Crippen molar-refractivity contribution in [1.29, 1.82) is 0 Å². The molecule has 2 nitrogen and oxygen atoms in total. The summed E-state index contributed by atoms with van der Waals surface area (Å²) in [6, 6.07) is 10.0. The maximum Gasteiger partial charge on any atom is 0.179 e. The summed E-state index contributed by atoms with van der Waals surface area (Å²) >= 11 is 7.90. The van der Waals surface area contributed by atoms with Crippen LogP contribution in [0, 0.1) is 0 Å². The van der Waals surface area contributed by atoms with E-state index in [1.807, 2.05) is 35.1 Å². The second-order valence-electron chi connectivity index (χ2n) is 2.79. The number of para-hydroxylation sites is 1. The Morgan fingerprint density at radius 3 is 2.71 bits per heavy atom. The van der Waals surface area contributed by atoms with E-state index >= 15 is 0 Å². The smallest absolute Gasteiger partial charge is 0.179 e. The van der Waals surface area contributed by atoms with Crippen LogP contribution in [-0.2, 0) is 0 Å². The molecule has 0 N–H and O–H groups in total. The van der Waals surface area contributed by atoms with Gasteiger partial charge in [-0.2, -0.15) is 5.10 Å². The van der Waals surface area contributed by atoms with Gasteiger partial charge in [-0.15, -0.1) is 0 Å². The summed E-state index contributed by atoms with van der Waals surface area (Å²) in [6.45, 7) is 1.37. The van der Waals surface area contributed by atoms with Gasteiger partial charge in [0.25, 0.3) is 0 Å². The van der Waals surface area contributed by atoms with E-state index in [2.05, 4.69) is 12.0 Å². The van der Waals surface area contributed by atoms with Crippen molar-refractivity contribution < 1.29 is 0 Å². The third-order valence-electron chi connectivity index (χ3n) is 1.83. The Kier molecular flexibility index (Phi) is 3.32. The van der Waals surface area contributed by atoms with Gasteiger partial charge in [0.1, 0.15) is 5.04 Å². The molecule has 74 valence electrons. The molecule has 0 fully saturated rings. The SMILES string of the molecule is CCC1=NN(c2ccccc2)P(Cl)S1. The van der Waals surface area contributed by atoms with Crippen LogP contribution in [0.1, 0.15) is 13.3 Å². The lowest BCUT2D eigenvalue weighted by Gasteiger charge is -2.15. The maximum absolute atomic E-state index is 6.23. The molecule has 1 aliphatic heterocycles. The molecular weight excluding hydrogens is 235 g/mol. The average molecular weight is 245 g/mol. The minimum absolute atomic E-state index is 0.731. The molecule has 1 heterocycles. The molecule has 0 saturated carbocycles. The van der Waals surface area contributed by atoms with Crippen molar-refractivity contribution in [3.8, 4) is 0 Å². The zero-order valence-corrected chi connectivity index (χ0v) is 10.2. The second kappa shape index (κ2) is 4.52. The first-order chi connectivity index (χ1) is 6.81. The Morgan fingerprint density at radius 1 is 1.43 bits per heavy atom. The lowest BCUT2D eigenvalue weighted by molar-refractivity contribution is 1.18. The number of halogens is 1. The molecule has 0 aliphatic carbocycles. The summed E-state index contributed by atoms with van der Waals surface area (Å²) < 4.78 is 1.92. The summed E-state index contributed by atoms with van der Waals surface area (Å²) in [5.41, 5.74) is 1.07. The van der Waals surface area contributed by atoms with Crippen LogP contribution in [0.2, 0.25) is 0 Å². The zero-order chi connectivity index (χ0) is 9.97. The monoisotopic (exact) mass is 244 g/mol. The summed E-state index contributed by atoms with van der Waals surface area (Å²) in [5.74, 6) is 0. The lowest BCUT2D eigenvalue weighted by atomic mass is 10.3. The molecule has 1 unspecified atom stereocenters. The van der Waals surface area contributed by atoms with Crippen molar-refractivity contribution in [1.82, 2.24) is 0 Å². The minimum atomic E-state index is -0.731. The summed E-state index contributed by atoms with van der Waals surface area (Å²) in [5, 5.41) is 5.59. The van der Waals surface area contributed by atoms with Gasteiger partial charge in [0.15, 0.2) is 6.63 Å². The quantitative estimate of drug-likeness (QED) is 0.716. The van der Waals surface area contributed by atoms with E-state index < -0.39 is 6.63 Å². The zero-order valence-electron chi connectivity index (χ0n) is 7.72. The number of benzene rings is 1. The largest absolute Gasteiger partial charge is 0.218 e. The average Bonchev–Trinajstić information content (AvgIpc) is 2.61. The highest BCUT2D eigenvalue weighted by Crippen LogP contribution is 2.63. The Hall–Kier alpha value is -0.240. The minimum Gasteiger partial charge on any atom is -0.218 e. The molecule has 1 aliphatic rings. The predicted octanol–water partition coefficient (Wildman–Crippen LogP) is 4.43. The van der Waals surface area contributed by atoms with E-state index in [0.29, 0.717) is 0 Å². The molecule has 0 spiro atoms. The highest BCUT2D eigenvalue weighted by molar-refractivity contribution is 8.70. The molecule has 1 aromatic rings. The maximum atomic E-state index is 6.23. The van der Waals surface area contributed by atoms with Crippen molar-refractivity contribution in [2.24, 2.45) is 5.10 Å². The van der Waals surface area contributed by atoms with Crippen LogP contribution in [0.4, 0.5) is 5.69 Å². The molecule has 0 amide bonds. The predicted molar refractivity (Wildman–Crippen MR) is 67.0 cm³/mol. The summed E-state index contributed by atoms with van der Waals surface area (Å²) in [4.78, 5) is 0. The fourth-order valence-corrected chi connectivity index (χ4v) is 4.91. The standard InChI is InChI=1S/C9H10ClN2PS/c1-2-9-11-12(13(10)14-9)8-6-4-3-5-7-8/h3-7H,2H2,1H3. The van der Waals surface area contributed by atoms with Crippen molar-refractivity contribution in [3.05, 3.63) is 30.3 Å². The van der Waals surface area contributed by atoms with E-state index in [-0.39, 0.29) is 0 Å². The third-order valence-corrected chi connectivity index (χ3v) is 5.77. The highest BCUT2D eigenvalue weighted by atomic mass is 35.7. The fourth-order valence-electron chi connectivity index (χ4n) is 1.13. The van der Waals surface area contributed by atoms with Gasteiger partial charge in [-0.05, 0) is 29.9 Å². The number of rotatable bonds is 2. The molecular formula is C9H10ClN2PS. The first-order valence-electron chi connectivity index (χ1n) is 4.37. The third kappa shape index (κ3) is 2.05. The van der Waals surface area contributed by atoms with Crippen molar-refractivity contribution in [2.45, 2.75) is 13.3 Å². The number of hydrogen-bond donors (Lipinski definition) is 0. The summed E-state index contributed by atoms with van der Waals surface area (Å²) in [6.07, 6.45) is 0.958. The number of nitrogens with zero attached hydrogens (tertiary/aromatic N) is 2. The van der Waals surface area contributed by atoms with Crippen LogP contribution < -0.4 is 4.78 Å². The van der Waals surface area contributed by atoms with Crippen LogP contribution >= 0.6 is 29.2 Å². The number of hydrazone groups is 1. The molecule has 0 radical (unpaired) electrons. The first-order valence-corrected chi connectivity index (χ1v) is 8.00. The van der Waals surface area contributed by atoms with Gasteiger partial charge >= 0.3 is 0 Å². The van der Waals surface area contributed by atoms with Gasteiger partial charge in [-0.1, -0.05) is 36.4 Å². The van der Waals surface area contributed by atoms with Crippen LogP contribution in [0.3, 0.4) is 0 Å². The Labute approximate surface area is 93.7 Å². The van der Waals surface area contributed by atoms with Crippen LogP contribution in [0.5, 0.6) is 0 Å². The topological polar surface area (TPSA) is 15.6 Å². The number of hydrogen-bond acceptors (Lipinski definition) is 3. The second-order valence-corrected chi connectivity index (χ2v) is 7.42. The molecule has 0 bridgehead atoms. The van der Waals surface area contributed by atoms with Gasteiger partial charge in [-0.3, -0.25) is 0 Å². The van der Waals surface area contributed by atoms with Crippen LogP contribution in [-0.4, -0.2) is 5.04 Å². The van der Waals surface area contributed by atoms with Gasteiger partial charge < -0.3 is 0 Å². The van der Waals surface area contributed by atoms with E-state index in [0.717, 1.165) is 17.2 Å². The summed E-state index contributed by atoms with van der Waals surface area (Å²) in [7, 11) is 0. The highest BCUT2D eigenvalue weighted by Gasteiger charge is 2.26. The molecule has 5 heteroatoms. The Bertz CT molecular complexity index is 344. The molecule has 2 rings (SSSR count). The van der Waals surface area contributed by atoms with Crippen LogP contribution in [0.25, 0.3) is 0 Å². The Morgan fingerprint density at radius 2 is 2.14 bits per heavy atom. The van der Waals surface area contributed by atoms with Gasteiger partial charge in [-0.25, -0.2) is 4.78 Å². The van der Waals surface area contributed by atoms with Crippen LogP contribution in [0.15, 0.2) is 35.4 Å². The van der Waals surface area contributed by atoms with Crippen molar-refractivity contribution >= 4 is 40.0 Å². The number of anilines is 1. The van der Waals surface area contributed by atoms with E-state index in [4.69, 9.17) is 11.2 Å². The molecule has 14 heavy (non-hydrogen) atoms. The van der Waals surface area contributed by atoms with Gasteiger partial charge in [0.2, 0.25) is 0 Å². The first kappa shape index (κ1) is 10.3.